The molecule has 4 aliphatic rings. The van der Waals surface area contributed by atoms with Gasteiger partial charge in [0, 0.05) is 17.2 Å². The summed E-state index contributed by atoms with van der Waals surface area (Å²) >= 11 is 6.46. The van der Waals surface area contributed by atoms with Crippen LogP contribution in [0.4, 0.5) is 0 Å². The fraction of sp³-hybridized carbons (Fsp3) is 0.947. The first-order chi connectivity index (χ1) is 9.95. The second-order valence-corrected chi connectivity index (χ2v) is 9.56. The molecule has 21 heavy (non-hydrogen) atoms. The van der Waals surface area contributed by atoms with Gasteiger partial charge in [-0.05, 0) is 80.5 Å². The van der Waals surface area contributed by atoms with Gasteiger partial charge in [-0.25, -0.2) is 0 Å². The summed E-state index contributed by atoms with van der Waals surface area (Å²) in [6, 6.07) is 0. The molecule has 4 fully saturated rings. The average Bonchev–Trinajstić information content (AvgIpc) is 2.76. The van der Waals surface area contributed by atoms with E-state index in [1.54, 1.807) is 0 Å². The van der Waals surface area contributed by atoms with Gasteiger partial charge in [0.1, 0.15) is 5.78 Å². The van der Waals surface area contributed by atoms with Crippen molar-refractivity contribution in [2.24, 2.45) is 34.5 Å². The Morgan fingerprint density at radius 3 is 2.62 bits per heavy atom. The van der Waals surface area contributed by atoms with Crippen LogP contribution in [-0.2, 0) is 4.79 Å². The summed E-state index contributed by atoms with van der Waals surface area (Å²) < 4.78 is 0. The first-order valence-corrected chi connectivity index (χ1v) is 9.56. The lowest BCUT2D eigenvalue weighted by molar-refractivity contribution is -0.138. The topological polar surface area (TPSA) is 17.1 Å². The van der Waals surface area contributed by atoms with E-state index in [2.05, 4.69) is 13.8 Å². The normalized spacial score (nSPS) is 56.5. The molecule has 1 nitrogen and oxygen atoms in total. The van der Waals surface area contributed by atoms with Gasteiger partial charge in [-0.2, -0.15) is 0 Å². The molecule has 0 bridgehead atoms. The minimum absolute atomic E-state index is 0.0358. The molecule has 0 saturated heterocycles. The van der Waals surface area contributed by atoms with E-state index < -0.39 is 0 Å². The Morgan fingerprint density at radius 1 is 1.00 bits per heavy atom. The zero-order valence-electron chi connectivity index (χ0n) is 13.5. The molecule has 0 heterocycles. The number of alkyl halides is 1. The molecule has 0 aromatic carbocycles. The summed E-state index contributed by atoms with van der Waals surface area (Å²) in [5.41, 5.74) is 0.551. The molecule has 4 aliphatic carbocycles. The number of halogens is 1. The maximum absolute atomic E-state index is 12.4. The highest BCUT2D eigenvalue weighted by Gasteiger charge is 2.60. The van der Waals surface area contributed by atoms with Gasteiger partial charge in [-0.3, -0.25) is 4.79 Å². The van der Waals surface area contributed by atoms with Crippen LogP contribution in [0.1, 0.15) is 71.6 Å². The zero-order valence-corrected chi connectivity index (χ0v) is 14.3. The molecule has 7 atom stereocenters. The first kappa shape index (κ1) is 14.5. The second kappa shape index (κ2) is 4.73. The quantitative estimate of drug-likeness (QED) is 0.562. The maximum Gasteiger partial charge on any atom is 0.139 e. The number of Topliss-reactive ketones (excluding diaryl/α,β-unsaturated/α-hetero) is 1. The van der Waals surface area contributed by atoms with Crippen molar-refractivity contribution in [1.29, 1.82) is 0 Å². The van der Waals surface area contributed by atoms with Gasteiger partial charge in [0.2, 0.25) is 0 Å². The molecular weight excluding hydrogens is 280 g/mol. The Morgan fingerprint density at radius 2 is 1.81 bits per heavy atom. The molecule has 0 aromatic rings. The molecule has 4 rings (SSSR count). The monoisotopic (exact) mass is 308 g/mol. The van der Waals surface area contributed by atoms with Crippen LogP contribution in [-0.4, -0.2) is 11.2 Å². The molecule has 0 aromatic heterocycles. The Hall–Kier alpha value is -0.0400. The number of hydrogen-bond donors (Lipinski definition) is 0. The van der Waals surface area contributed by atoms with E-state index >= 15 is 0 Å². The molecule has 0 aliphatic heterocycles. The van der Waals surface area contributed by atoms with Crippen molar-refractivity contribution in [3.8, 4) is 0 Å². The van der Waals surface area contributed by atoms with E-state index in [0.717, 1.165) is 30.6 Å². The van der Waals surface area contributed by atoms with E-state index in [4.69, 9.17) is 11.6 Å². The second-order valence-electron chi connectivity index (χ2n) is 8.95. The van der Waals surface area contributed by atoms with Crippen LogP contribution in [0.3, 0.4) is 0 Å². The lowest BCUT2D eigenvalue weighted by atomic mass is 9.45. The molecular formula is C19H29ClO. The lowest BCUT2D eigenvalue weighted by Gasteiger charge is -2.60. The Bertz CT molecular complexity index is 460. The van der Waals surface area contributed by atoms with Gasteiger partial charge in [-0.15, -0.1) is 11.6 Å². The van der Waals surface area contributed by atoms with Crippen molar-refractivity contribution >= 4 is 17.4 Å². The third kappa shape index (κ3) is 1.92. The van der Waals surface area contributed by atoms with Crippen molar-refractivity contribution in [3.05, 3.63) is 0 Å². The molecule has 4 saturated carbocycles. The highest BCUT2D eigenvalue weighted by Crippen LogP contribution is 2.65. The number of carbonyl (C=O) groups excluding carboxylic acids is 1. The van der Waals surface area contributed by atoms with Gasteiger partial charge in [0.05, 0.1) is 0 Å². The highest BCUT2D eigenvalue weighted by atomic mass is 35.5. The molecule has 118 valence electrons. The Labute approximate surface area is 134 Å². The van der Waals surface area contributed by atoms with Crippen LogP contribution in [0.15, 0.2) is 0 Å². The van der Waals surface area contributed by atoms with Crippen LogP contribution in [0.2, 0.25) is 0 Å². The summed E-state index contributed by atoms with van der Waals surface area (Å²) in [6.07, 6.45) is 11.0. The van der Waals surface area contributed by atoms with Gasteiger partial charge in [0.25, 0.3) is 0 Å². The Balaban J connectivity index is 1.64. The van der Waals surface area contributed by atoms with Crippen LogP contribution in [0.5, 0.6) is 0 Å². The van der Waals surface area contributed by atoms with Crippen molar-refractivity contribution in [2.75, 3.05) is 0 Å². The number of ketones is 1. The van der Waals surface area contributed by atoms with Crippen LogP contribution in [0, 0.1) is 34.5 Å². The Kier molecular flexibility index (Phi) is 3.27. The van der Waals surface area contributed by atoms with E-state index in [9.17, 15) is 4.79 Å². The minimum Gasteiger partial charge on any atom is -0.299 e. The fourth-order valence-electron chi connectivity index (χ4n) is 6.98. The number of fused-ring (bicyclic) bond motifs is 5. The zero-order chi connectivity index (χ0) is 14.8. The molecule has 0 spiro atoms. The van der Waals surface area contributed by atoms with Crippen LogP contribution < -0.4 is 0 Å². The average molecular weight is 309 g/mol. The SMILES string of the molecule is C[C@]12CC[C@H](Cl)C[C@@H]1CC[C@H]1[C@H]2CC[C@]2(C)C(=O)CC[C@H]12. The van der Waals surface area contributed by atoms with Gasteiger partial charge < -0.3 is 0 Å². The molecule has 0 N–H and O–H groups in total. The standard InChI is InChI=1S/C19H29ClO/c1-18-9-7-13(20)11-12(18)3-4-14-15-5-6-17(21)19(15,2)10-8-16(14)18/h12-16H,3-11H2,1-2H3/t12-,13-,14+,15+,16+,18-,19-/m0/s1. The predicted molar refractivity (Wildman–Crippen MR) is 86.4 cm³/mol. The maximum atomic E-state index is 12.4. The lowest BCUT2D eigenvalue weighted by Crippen LogP contribution is -2.53. The van der Waals surface area contributed by atoms with Crippen molar-refractivity contribution in [1.82, 2.24) is 0 Å². The summed E-state index contributed by atoms with van der Waals surface area (Å²) in [5.74, 6) is 3.79. The van der Waals surface area contributed by atoms with Gasteiger partial charge >= 0.3 is 0 Å². The van der Waals surface area contributed by atoms with Crippen molar-refractivity contribution in [2.45, 2.75) is 77.0 Å². The van der Waals surface area contributed by atoms with Gasteiger partial charge in [-0.1, -0.05) is 13.8 Å². The van der Waals surface area contributed by atoms with E-state index in [1.165, 1.54) is 44.9 Å². The van der Waals surface area contributed by atoms with Crippen LogP contribution >= 0.6 is 11.6 Å². The predicted octanol–water partition coefficient (Wildman–Crippen LogP) is 5.21. The third-order valence-electron chi connectivity index (χ3n) is 8.31. The van der Waals surface area contributed by atoms with Crippen molar-refractivity contribution in [3.63, 3.8) is 0 Å². The molecule has 0 radical (unpaired) electrons. The summed E-state index contributed by atoms with van der Waals surface area (Å²) in [6.45, 7) is 4.85. The fourth-order valence-corrected chi connectivity index (χ4v) is 7.30. The third-order valence-corrected chi connectivity index (χ3v) is 8.71. The van der Waals surface area contributed by atoms with E-state index in [0.29, 0.717) is 22.5 Å². The van der Waals surface area contributed by atoms with Crippen molar-refractivity contribution < 1.29 is 4.79 Å². The smallest absolute Gasteiger partial charge is 0.139 e. The van der Waals surface area contributed by atoms with E-state index in [-0.39, 0.29) is 5.41 Å². The molecule has 0 amide bonds. The number of rotatable bonds is 0. The first-order valence-electron chi connectivity index (χ1n) is 9.12. The molecule has 2 heteroatoms. The van der Waals surface area contributed by atoms with Gasteiger partial charge in [0.15, 0.2) is 0 Å². The summed E-state index contributed by atoms with van der Waals surface area (Å²) in [4.78, 5) is 12.4. The van der Waals surface area contributed by atoms with E-state index in [1.807, 2.05) is 0 Å². The highest BCUT2D eigenvalue weighted by molar-refractivity contribution is 6.20. The summed E-state index contributed by atoms with van der Waals surface area (Å²) in [5, 5.41) is 0.418. The minimum atomic E-state index is 0.0358. The number of hydrogen-bond acceptors (Lipinski definition) is 1. The largest absolute Gasteiger partial charge is 0.299 e. The molecule has 0 unspecified atom stereocenters. The van der Waals surface area contributed by atoms with Crippen LogP contribution in [0.25, 0.3) is 0 Å². The summed E-state index contributed by atoms with van der Waals surface area (Å²) in [7, 11) is 0. The number of carbonyl (C=O) groups is 1.